The molecule has 7 nitrogen and oxygen atoms in total. The van der Waals surface area contributed by atoms with Gasteiger partial charge in [0, 0.05) is 32.8 Å². The van der Waals surface area contributed by atoms with Gasteiger partial charge >= 0.3 is 11.6 Å². The van der Waals surface area contributed by atoms with Crippen LogP contribution in [0.4, 0.5) is 0 Å². The average molecular weight is 493 g/mol. The van der Waals surface area contributed by atoms with Crippen LogP contribution in [-0.2, 0) is 22.7 Å². The van der Waals surface area contributed by atoms with Crippen molar-refractivity contribution in [1.82, 2.24) is 9.55 Å². The van der Waals surface area contributed by atoms with Crippen molar-refractivity contribution in [3.05, 3.63) is 84.4 Å². The van der Waals surface area contributed by atoms with E-state index < -0.39 is 11.6 Å². The van der Waals surface area contributed by atoms with E-state index in [0.717, 1.165) is 21.6 Å². The molecule has 5 aromatic rings. The molecular formula is C25H20N2O5S2. The molecule has 0 fully saturated rings. The van der Waals surface area contributed by atoms with Gasteiger partial charge < -0.3 is 9.15 Å². The first kappa shape index (κ1) is 22.2. The summed E-state index contributed by atoms with van der Waals surface area (Å²) in [5.41, 5.74) is 2.94. The van der Waals surface area contributed by atoms with Crippen molar-refractivity contribution in [3.63, 3.8) is 0 Å². The van der Waals surface area contributed by atoms with Crippen molar-refractivity contribution >= 4 is 49.8 Å². The van der Waals surface area contributed by atoms with Crippen LogP contribution >= 0.6 is 22.7 Å². The van der Waals surface area contributed by atoms with E-state index in [4.69, 9.17) is 9.15 Å². The molecule has 0 atom stereocenters. The number of nitrogens with zero attached hydrogens (tertiary/aromatic N) is 2. The van der Waals surface area contributed by atoms with Crippen molar-refractivity contribution in [1.29, 1.82) is 0 Å². The minimum atomic E-state index is -0.593. The highest BCUT2D eigenvalue weighted by Crippen LogP contribution is 2.33. The Balaban J connectivity index is 1.43. The molecule has 9 heteroatoms. The number of carbonyl (C=O) groups excluding carboxylic acids is 1. The van der Waals surface area contributed by atoms with E-state index in [2.05, 4.69) is 4.98 Å². The maximum Gasteiger partial charge on any atom is 0.336 e. The van der Waals surface area contributed by atoms with Crippen LogP contribution in [0.1, 0.15) is 22.5 Å². The Morgan fingerprint density at radius 2 is 1.97 bits per heavy atom. The fourth-order valence-electron chi connectivity index (χ4n) is 3.90. The second-order valence-electron chi connectivity index (χ2n) is 7.99. The Hall–Kier alpha value is -3.56. The second-order valence-corrected chi connectivity index (χ2v) is 9.80. The quantitative estimate of drug-likeness (QED) is 0.254. The summed E-state index contributed by atoms with van der Waals surface area (Å²) in [6.45, 7) is 5.13. The molecule has 4 aromatic heterocycles. The molecule has 0 aliphatic carbocycles. The zero-order valence-corrected chi connectivity index (χ0v) is 20.3. The first-order valence-electron chi connectivity index (χ1n) is 10.5. The normalized spacial score (nSPS) is 11.4. The molecule has 0 radical (unpaired) electrons. The smallest absolute Gasteiger partial charge is 0.336 e. The molecule has 0 bridgehead atoms. The number of hydrogen-bond donors (Lipinski definition) is 0. The molecule has 0 saturated carbocycles. The van der Waals surface area contributed by atoms with Gasteiger partial charge in [-0.2, -0.15) is 0 Å². The fraction of sp³-hybridized carbons (Fsp3) is 0.200. The highest BCUT2D eigenvalue weighted by molar-refractivity contribution is 7.18. The zero-order chi connectivity index (χ0) is 24.0. The van der Waals surface area contributed by atoms with Gasteiger partial charge in [0.2, 0.25) is 0 Å². The van der Waals surface area contributed by atoms with E-state index >= 15 is 0 Å². The van der Waals surface area contributed by atoms with Crippen molar-refractivity contribution in [2.75, 3.05) is 0 Å². The fourth-order valence-corrected chi connectivity index (χ4v) is 5.70. The Morgan fingerprint density at radius 1 is 1.15 bits per heavy atom. The summed E-state index contributed by atoms with van der Waals surface area (Å²) in [7, 11) is 0. The van der Waals surface area contributed by atoms with Gasteiger partial charge in [0.15, 0.2) is 0 Å². The molecule has 0 N–H and O–H groups in total. The Bertz CT molecular complexity index is 1680. The molecule has 34 heavy (non-hydrogen) atoms. The van der Waals surface area contributed by atoms with Crippen LogP contribution in [-0.4, -0.2) is 15.5 Å². The number of ether oxygens (including phenoxy) is 1. The molecular weight excluding hydrogens is 472 g/mol. The maximum atomic E-state index is 13.3. The summed E-state index contributed by atoms with van der Waals surface area (Å²) in [4.78, 5) is 44.2. The third kappa shape index (κ3) is 3.86. The lowest BCUT2D eigenvalue weighted by Crippen LogP contribution is -2.28. The van der Waals surface area contributed by atoms with Gasteiger partial charge in [0.25, 0.3) is 5.56 Å². The van der Waals surface area contributed by atoms with Crippen molar-refractivity contribution < 1.29 is 13.9 Å². The number of fused-ring (bicyclic) bond motifs is 2. The van der Waals surface area contributed by atoms with Crippen LogP contribution in [0.15, 0.2) is 55.1 Å². The third-order valence-corrected chi connectivity index (χ3v) is 7.64. The van der Waals surface area contributed by atoms with Crippen LogP contribution in [0.25, 0.3) is 31.6 Å². The number of thiophene rings is 2. The van der Waals surface area contributed by atoms with Crippen LogP contribution < -0.4 is 11.2 Å². The molecule has 172 valence electrons. The number of hydrogen-bond acceptors (Lipinski definition) is 8. The molecule has 0 saturated heterocycles. The number of esters is 1. The number of aromatic nitrogens is 2. The molecule has 4 heterocycles. The first-order chi connectivity index (χ1) is 16.3. The Kier molecular flexibility index (Phi) is 5.66. The van der Waals surface area contributed by atoms with Crippen LogP contribution in [0, 0.1) is 20.8 Å². The topological polar surface area (TPSA) is 91.4 Å². The number of benzene rings is 1. The second kappa shape index (κ2) is 8.66. The Labute approximate surface area is 201 Å². The Morgan fingerprint density at radius 3 is 2.74 bits per heavy atom. The zero-order valence-electron chi connectivity index (χ0n) is 18.7. The molecule has 5 rings (SSSR count). The summed E-state index contributed by atoms with van der Waals surface area (Å²) < 4.78 is 12.2. The summed E-state index contributed by atoms with van der Waals surface area (Å²) in [6.07, 6.45) is 0. The standard InChI is InChI=1S/C25H20N2O5S2/c1-13-6-7-17-16(9-20(28)32-23(17)14(13)2)11-31-21(29)10-27-15(3)26-24-22(25(27)30)18(12-34-24)19-5-4-8-33-19/h4-9,12H,10-11H2,1-3H3. The van der Waals surface area contributed by atoms with Gasteiger partial charge in [-0.15, -0.1) is 22.7 Å². The highest BCUT2D eigenvalue weighted by atomic mass is 32.1. The van der Waals surface area contributed by atoms with Gasteiger partial charge in [-0.1, -0.05) is 18.2 Å². The first-order valence-corrected chi connectivity index (χ1v) is 12.3. The van der Waals surface area contributed by atoms with Gasteiger partial charge in [0.05, 0.1) is 5.39 Å². The highest BCUT2D eigenvalue weighted by Gasteiger charge is 2.18. The largest absolute Gasteiger partial charge is 0.459 e. The summed E-state index contributed by atoms with van der Waals surface area (Å²) >= 11 is 2.95. The number of rotatable bonds is 5. The van der Waals surface area contributed by atoms with E-state index in [1.54, 1.807) is 18.3 Å². The summed E-state index contributed by atoms with van der Waals surface area (Å²) in [5.74, 6) is -0.157. The van der Waals surface area contributed by atoms with Crippen LogP contribution in [0.5, 0.6) is 0 Å². The molecule has 0 amide bonds. The van der Waals surface area contributed by atoms with Gasteiger partial charge in [0.1, 0.15) is 29.4 Å². The van der Waals surface area contributed by atoms with Gasteiger partial charge in [-0.3, -0.25) is 14.2 Å². The number of aryl methyl sites for hydroxylation is 3. The molecule has 1 aromatic carbocycles. The van der Waals surface area contributed by atoms with Crippen molar-refractivity contribution in [2.45, 2.75) is 33.9 Å². The lowest BCUT2D eigenvalue weighted by Gasteiger charge is -2.12. The maximum absolute atomic E-state index is 13.3. The molecule has 0 spiro atoms. The van der Waals surface area contributed by atoms with Crippen LogP contribution in [0.2, 0.25) is 0 Å². The predicted molar refractivity (Wildman–Crippen MR) is 134 cm³/mol. The lowest BCUT2D eigenvalue weighted by atomic mass is 10.0. The SMILES string of the molecule is Cc1ccc2c(COC(=O)Cn3c(C)nc4scc(-c5cccs5)c4c3=O)cc(=O)oc2c1C. The van der Waals surface area contributed by atoms with Crippen LogP contribution in [0.3, 0.4) is 0 Å². The summed E-state index contributed by atoms with van der Waals surface area (Å²) in [5, 5.41) is 5.09. The minimum Gasteiger partial charge on any atom is -0.459 e. The summed E-state index contributed by atoms with van der Waals surface area (Å²) in [6, 6.07) is 8.98. The van der Waals surface area contributed by atoms with E-state index in [9.17, 15) is 14.4 Å². The van der Waals surface area contributed by atoms with Crippen molar-refractivity contribution in [2.24, 2.45) is 0 Å². The number of carbonyl (C=O) groups is 1. The molecule has 0 aliphatic heterocycles. The molecule has 0 aliphatic rings. The van der Waals surface area contributed by atoms with E-state index in [0.29, 0.717) is 32.6 Å². The minimum absolute atomic E-state index is 0.105. The van der Waals surface area contributed by atoms with E-state index in [1.165, 1.54) is 22.0 Å². The van der Waals surface area contributed by atoms with Gasteiger partial charge in [-0.05, 0) is 43.3 Å². The van der Waals surface area contributed by atoms with E-state index in [1.807, 2.05) is 48.9 Å². The molecule has 0 unspecified atom stereocenters. The van der Waals surface area contributed by atoms with Crippen molar-refractivity contribution in [3.8, 4) is 10.4 Å². The third-order valence-electron chi connectivity index (χ3n) is 5.86. The predicted octanol–water partition coefficient (Wildman–Crippen LogP) is 4.96. The van der Waals surface area contributed by atoms with E-state index in [-0.39, 0.29) is 18.7 Å². The average Bonchev–Trinajstić information content (AvgIpc) is 3.47. The monoisotopic (exact) mass is 492 g/mol. The van der Waals surface area contributed by atoms with Gasteiger partial charge in [-0.25, -0.2) is 9.78 Å². The lowest BCUT2D eigenvalue weighted by molar-refractivity contribution is -0.145.